The number of aryl methyl sites for hydroxylation is 1. The third kappa shape index (κ3) is 3.16. The second-order valence-electron chi connectivity index (χ2n) is 6.62. The van der Waals surface area contributed by atoms with E-state index in [1.165, 1.54) is 25.4 Å². The fourth-order valence-corrected chi connectivity index (χ4v) is 4.05. The Morgan fingerprint density at radius 2 is 2.04 bits per heavy atom. The molecule has 0 atom stereocenters. The summed E-state index contributed by atoms with van der Waals surface area (Å²) < 4.78 is 32.7. The minimum absolute atomic E-state index is 0.112. The molecule has 1 saturated carbocycles. The van der Waals surface area contributed by atoms with Crippen LogP contribution in [-0.4, -0.2) is 32.4 Å². The lowest BCUT2D eigenvalue weighted by Gasteiger charge is -2.18. The lowest BCUT2D eigenvalue weighted by atomic mass is 10.1. The zero-order chi connectivity index (χ0) is 19.2. The molecule has 0 bridgehead atoms. The smallest absolute Gasteiger partial charge is 0.287 e. The summed E-state index contributed by atoms with van der Waals surface area (Å²) in [7, 11) is -2.33. The normalized spacial score (nSPS) is 14.3. The highest BCUT2D eigenvalue weighted by molar-refractivity contribution is 7.92. The molecule has 0 unspecified atom stereocenters. The van der Waals surface area contributed by atoms with Gasteiger partial charge in [0.25, 0.3) is 15.9 Å². The van der Waals surface area contributed by atoms with Crippen LogP contribution in [0.15, 0.2) is 51.9 Å². The van der Waals surface area contributed by atoms with Crippen molar-refractivity contribution in [2.75, 3.05) is 11.4 Å². The van der Waals surface area contributed by atoms with E-state index in [2.05, 4.69) is 10.3 Å². The van der Waals surface area contributed by atoms with Crippen LogP contribution < -0.4 is 9.62 Å². The van der Waals surface area contributed by atoms with E-state index >= 15 is 0 Å². The van der Waals surface area contributed by atoms with E-state index in [1.54, 1.807) is 31.2 Å². The van der Waals surface area contributed by atoms with Crippen LogP contribution in [0.4, 0.5) is 5.82 Å². The van der Waals surface area contributed by atoms with Gasteiger partial charge in [0.15, 0.2) is 5.76 Å². The zero-order valence-corrected chi connectivity index (χ0v) is 15.8. The van der Waals surface area contributed by atoms with Gasteiger partial charge in [-0.2, -0.15) is 0 Å². The lowest BCUT2D eigenvalue weighted by molar-refractivity contribution is 0.0924. The second kappa shape index (κ2) is 6.38. The Morgan fingerprint density at radius 1 is 1.26 bits per heavy atom. The van der Waals surface area contributed by atoms with E-state index in [1.807, 2.05) is 0 Å². The van der Waals surface area contributed by atoms with Gasteiger partial charge in [-0.15, -0.1) is 0 Å². The lowest BCUT2D eigenvalue weighted by Crippen LogP contribution is -2.27. The van der Waals surface area contributed by atoms with Crippen LogP contribution in [0.25, 0.3) is 11.0 Å². The summed E-state index contributed by atoms with van der Waals surface area (Å²) in [5, 5.41) is 3.49. The van der Waals surface area contributed by atoms with Gasteiger partial charge in [0, 0.05) is 30.2 Å². The maximum Gasteiger partial charge on any atom is 0.287 e. The molecule has 0 spiro atoms. The van der Waals surface area contributed by atoms with Gasteiger partial charge in [-0.25, -0.2) is 13.4 Å². The molecule has 3 aromatic rings. The number of hydrogen-bond donors (Lipinski definition) is 1. The first kappa shape index (κ1) is 17.5. The minimum Gasteiger partial charge on any atom is -0.451 e. The van der Waals surface area contributed by atoms with Crippen molar-refractivity contribution in [3.8, 4) is 0 Å². The Morgan fingerprint density at radius 3 is 2.70 bits per heavy atom. The van der Waals surface area contributed by atoms with Crippen molar-refractivity contribution in [2.45, 2.75) is 30.7 Å². The SMILES string of the molecule is Cc1c(C(=O)NC2CC2)oc2ccc(S(=O)(=O)N(C)c3ccccn3)cc12. The number of hydrogen-bond acceptors (Lipinski definition) is 5. The minimum atomic E-state index is -3.79. The van der Waals surface area contributed by atoms with Crippen molar-refractivity contribution in [1.82, 2.24) is 10.3 Å². The largest absolute Gasteiger partial charge is 0.451 e. The van der Waals surface area contributed by atoms with Crippen LogP contribution in [0.5, 0.6) is 0 Å². The number of carbonyl (C=O) groups is 1. The number of carbonyl (C=O) groups excluding carboxylic acids is 1. The van der Waals surface area contributed by atoms with Crippen molar-refractivity contribution in [3.63, 3.8) is 0 Å². The van der Waals surface area contributed by atoms with Crippen molar-refractivity contribution in [3.05, 3.63) is 53.9 Å². The predicted molar refractivity (Wildman–Crippen MR) is 101 cm³/mol. The molecule has 2 aromatic heterocycles. The van der Waals surface area contributed by atoms with E-state index in [-0.39, 0.29) is 22.6 Å². The Labute approximate surface area is 157 Å². The molecule has 140 valence electrons. The van der Waals surface area contributed by atoms with Gasteiger partial charge in [0.05, 0.1) is 4.90 Å². The summed E-state index contributed by atoms with van der Waals surface area (Å²) in [5.41, 5.74) is 1.11. The number of pyridine rings is 1. The Bertz CT molecular complexity index is 1120. The molecule has 0 aliphatic heterocycles. The highest BCUT2D eigenvalue weighted by atomic mass is 32.2. The van der Waals surface area contributed by atoms with Gasteiger partial charge in [0.2, 0.25) is 0 Å². The number of sulfonamides is 1. The zero-order valence-electron chi connectivity index (χ0n) is 15.0. The van der Waals surface area contributed by atoms with E-state index < -0.39 is 10.0 Å². The Balaban J connectivity index is 1.72. The topological polar surface area (TPSA) is 92.5 Å². The fourth-order valence-electron chi connectivity index (χ4n) is 2.88. The highest BCUT2D eigenvalue weighted by Crippen LogP contribution is 2.30. The molecule has 0 radical (unpaired) electrons. The summed E-state index contributed by atoms with van der Waals surface area (Å²) >= 11 is 0. The second-order valence-corrected chi connectivity index (χ2v) is 8.59. The van der Waals surface area contributed by atoms with Crippen molar-refractivity contribution in [1.29, 1.82) is 0 Å². The van der Waals surface area contributed by atoms with Gasteiger partial charge < -0.3 is 9.73 Å². The van der Waals surface area contributed by atoms with Gasteiger partial charge in [0.1, 0.15) is 11.4 Å². The molecular weight excluding hydrogens is 366 g/mol. The van der Waals surface area contributed by atoms with Crippen LogP contribution in [0, 0.1) is 6.92 Å². The number of amides is 1. The van der Waals surface area contributed by atoms with Gasteiger partial charge in [-0.1, -0.05) is 6.07 Å². The molecule has 4 rings (SSSR count). The van der Waals surface area contributed by atoms with Gasteiger partial charge >= 0.3 is 0 Å². The monoisotopic (exact) mass is 385 g/mol. The summed E-state index contributed by atoms with van der Waals surface area (Å²) in [6.45, 7) is 1.76. The van der Waals surface area contributed by atoms with E-state index in [4.69, 9.17) is 4.42 Å². The van der Waals surface area contributed by atoms with Crippen molar-refractivity contribution >= 4 is 32.7 Å². The average Bonchev–Trinajstić information content (AvgIpc) is 3.43. The summed E-state index contributed by atoms with van der Waals surface area (Å²) in [5.74, 6) is 0.289. The third-order valence-electron chi connectivity index (χ3n) is 4.66. The first-order chi connectivity index (χ1) is 12.9. The van der Waals surface area contributed by atoms with Crippen molar-refractivity contribution < 1.29 is 17.6 Å². The average molecular weight is 385 g/mol. The van der Waals surface area contributed by atoms with Crippen molar-refractivity contribution in [2.24, 2.45) is 0 Å². The molecule has 1 aliphatic carbocycles. The summed E-state index contributed by atoms with van der Waals surface area (Å²) in [6.07, 6.45) is 3.50. The van der Waals surface area contributed by atoms with Crippen LogP contribution in [0.1, 0.15) is 29.0 Å². The quantitative estimate of drug-likeness (QED) is 0.729. The molecule has 1 amide bonds. The number of rotatable bonds is 5. The first-order valence-electron chi connectivity index (χ1n) is 8.62. The highest BCUT2D eigenvalue weighted by Gasteiger charge is 2.28. The standard InChI is InChI=1S/C19H19N3O4S/c1-12-15-11-14(27(24,25)22(2)17-5-3-4-10-20-17)8-9-16(15)26-18(12)19(23)21-13-6-7-13/h3-5,8-11,13H,6-7H2,1-2H3,(H,21,23). The molecule has 1 aliphatic rings. The molecule has 27 heavy (non-hydrogen) atoms. The summed E-state index contributed by atoms with van der Waals surface area (Å²) in [6, 6.07) is 9.88. The number of aromatic nitrogens is 1. The molecule has 8 heteroatoms. The number of anilines is 1. The predicted octanol–water partition coefficient (Wildman–Crippen LogP) is 2.85. The maximum absolute atomic E-state index is 13.0. The van der Waals surface area contributed by atoms with Crippen LogP contribution in [-0.2, 0) is 10.0 Å². The molecule has 7 nitrogen and oxygen atoms in total. The van der Waals surface area contributed by atoms with Gasteiger partial charge in [-0.05, 0) is 50.1 Å². The Hall–Kier alpha value is -2.87. The number of furan rings is 1. The van der Waals surface area contributed by atoms with E-state index in [0.29, 0.717) is 22.4 Å². The molecule has 2 heterocycles. The molecule has 1 N–H and O–H groups in total. The van der Waals surface area contributed by atoms with Gasteiger partial charge in [-0.3, -0.25) is 9.10 Å². The third-order valence-corrected chi connectivity index (χ3v) is 6.41. The maximum atomic E-state index is 13.0. The molecule has 1 aromatic carbocycles. The fraction of sp³-hybridized carbons (Fsp3) is 0.263. The van der Waals surface area contributed by atoms with Crippen LogP contribution in [0.3, 0.4) is 0 Å². The van der Waals surface area contributed by atoms with Crippen LogP contribution in [0.2, 0.25) is 0 Å². The molecular formula is C19H19N3O4S. The number of benzene rings is 1. The first-order valence-corrected chi connectivity index (χ1v) is 10.1. The Kier molecular flexibility index (Phi) is 4.15. The van der Waals surface area contributed by atoms with E-state index in [9.17, 15) is 13.2 Å². The summed E-state index contributed by atoms with van der Waals surface area (Å²) in [4.78, 5) is 16.5. The van der Waals surface area contributed by atoms with Crippen LogP contribution >= 0.6 is 0 Å². The number of nitrogens with zero attached hydrogens (tertiary/aromatic N) is 2. The number of fused-ring (bicyclic) bond motifs is 1. The molecule has 1 fully saturated rings. The van der Waals surface area contributed by atoms with E-state index in [0.717, 1.165) is 17.1 Å². The number of nitrogens with one attached hydrogen (secondary N) is 1. The molecule has 0 saturated heterocycles.